The lowest BCUT2D eigenvalue weighted by molar-refractivity contribution is 0.0706. The van der Waals surface area contributed by atoms with Gasteiger partial charge < -0.3 is 15.0 Å². The summed E-state index contributed by atoms with van der Waals surface area (Å²) >= 11 is 0. The van der Waals surface area contributed by atoms with Crippen LogP contribution in [0.15, 0.2) is 24.3 Å². The number of piperidine rings is 1. The number of carbonyl (C=O) groups excluding carboxylic acids is 1. The Labute approximate surface area is 136 Å². The normalized spacial score (nSPS) is 15.9. The highest BCUT2D eigenvalue weighted by atomic mass is 16.5. The topological polar surface area (TPSA) is 54.5 Å². The summed E-state index contributed by atoms with van der Waals surface area (Å²) in [5.74, 6) is 0.861. The van der Waals surface area contributed by atoms with E-state index in [2.05, 4.69) is 10.3 Å². The van der Waals surface area contributed by atoms with E-state index in [0.717, 1.165) is 48.3 Å². The van der Waals surface area contributed by atoms with Crippen molar-refractivity contribution >= 4 is 16.8 Å². The fourth-order valence-corrected chi connectivity index (χ4v) is 3.13. The van der Waals surface area contributed by atoms with Gasteiger partial charge in [-0.2, -0.15) is 0 Å². The van der Waals surface area contributed by atoms with Crippen LogP contribution in [0.1, 0.15) is 28.9 Å². The van der Waals surface area contributed by atoms with Gasteiger partial charge in [0.25, 0.3) is 5.91 Å². The first-order chi connectivity index (χ1) is 11.1. The first-order valence-corrected chi connectivity index (χ1v) is 8.04. The van der Waals surface area contributed by atoms with Crippen LogP contribution < -0.4 is 10.1 Å². The van der Waals surface area contributed by atoms with E-state index < -0.39 is 0 Å². The Morgan fingerprint density at radius 1 is 1.30 bits per heavy atom. The van der Waals surface area contributed by atoms with Crippen molar-refractivity contribution in [1.29, 1.82) is 0 Å². The Kier molecular flexibility index (Phi) is 4.48. The predicted octanol–water partition coefficient (Wildman–Crippen LogP) is 2.38. The van der Waals surface area contributed by atoms with Crippen LogP contribution in [-0.4, -0.2) is 49.1 Å². The second-order valence-electron chi connectivity index (χ2n) is 6.04. The molecule has 0 aliphatic carbocycles. The Morgan fingerprint density at radius 3 is 2.70 bits per heavy atom. The monoisotopic (exact) mass is 313 g/mol. The Hall–Kier alpha value is -2.14. The second-order valence-corrected chi connectivity index (χ2v) is 6.04. The van der Waals surface area contributed by atoms with E-state index in [1.807, 2.05) is 43.1 Å². The summed E-state index contributed by atoms with van der Waals surface area (Å²) in [6.07, 6.45) is 2.00. The van der Waals surface area contributed by atoms with Crippen molar-refractivity contribution in [3.8, 4) is 5.75 Å². The van der Waals surface area contributed by atoms with E-state index in [9.17, 15) is 4.79 Å². The lowest BCUT2D eigenvalue weighted by Crippen LogP contribution is -2.44. The number of hydrogen-bond acceptors (Lipinski definition) is 4. The van der Waals surface area contributed by atoms with Crippen LogP contribution in [0.25, 0.3) is 10.9 Å². The second kappa shape index (κ2) is 6.54. The zero-order valence-corrected chi connectivity index (χ0v) is 13.9. The molecule has 1 aromatic heterocycles. The molecule has 0 bridgehead atoms. The third-order valence-corrected chi connectivity index (χ3v) is 4.64. The van der Waals surface area contributed by atoms with E-state index in [4.69, 9.17) is 4.74 Å². The van der Waals surface area contributed by atoms with Crippen LogP contribution in [0.4, 0.5) is 0 Å². The number of benzene rings is 1. The summed E-state index contributed by atoms with van der Waals surface area (Å²) in [4.78, 5) is 19.4. The minimum Gasteiger partial charge on any atom is -0.497 e. The van der Waals surface area contributed by atoms with Gasteiger partial charge in [-0.3, -0.25) is 9.78 Å². The summed E-state index contributed by atoms with van der Waals surface area (Å²) in [6, 6.07) is 8.21. The molecular weight excluding hydrogens is 290 g/mol. The molecule has 1 saturated heterocycles. The van der Waals surface area contributed by atoms with Gasteiger partial charge in [0, 0.05) is 30.6 Å². The first-order valence-electron chi connectivity index (χ1n) is 8.04. The van der Waals surface area contributed by atoms with Crippen LogP contribution >= 0.6 is 0 Å². The number of fused-ring (bicyclic) bond motifs is 1. The zero-order chi connectivity index (χ0) is 16.4. The summed E-state index contributed by atoms with van der Waals surface area (Å²) in [5, 5.41) is 4.25. The molecule has 1 N–H and O–H groups in total. The Bertz CT molecular complexity index is 722. The maximum atomic E-state index is 12.8. The van der Waals surface area contributed by atoms with Crippen molar-refractivity contribution in [2.75, 3.05) is 27.2 Å². The molecule has 1 aliphatic rings. The third-order valence-electron chi connectivity index (χ3n) is 4.64. The van der Waals surface area contributed by atoms with Gasteiger partial charge in [0.2, 0.25) is 0 Å². The lowest BCUT2D eigenvalue weighted by Gasteiger charge is -2.32. The van der Waals surface area contributed by atoms with Gasteiger partial charge in [-0.15, -0.1) is 0 Å². The Morgan fingerprint density at radius 2 is 2.04 bits per heavy atom. The maximum Gasteiger partial charge on any atom is 0.255 e. The number of aryl methyl sites for hydroxylation is 1. The first kappa shape index (κ1) is 15.7. The van der Waals surface area contributed by atoms with Crippen LogP contribution in [0.5, 0.6) is 5.75 Å². The summed E-state index contributed by atoms with van der Waals surface area (Å²) < 4.78 is 5.23. The average Bonchev–Trinajstić information content (AvgIpc) is 2.60. The smallest absolute Gasteiger partial charge is 0.255 e. The van der Waals surface area contributed by atoms with Crippen LogP contribution in [0.2, 0.25) is 0 Å². The molecule has 0 atom stereocenters. The molecule has 2 heterocycles. The molecule has 0 spiro atoms. The summed E-state index contributed by atoms with van der Waals surface area (Å²) in [5.41, 5.74) is 2.32. The molecule has 5 heteroatoms. The number of nitrogens with one attached hydrogen (secondary N) is 1. The fourth-order valence-electron chi connectivity index (χ4n) is 3.13. The average molecular weight is 313 g/mol. The van der Waals surface area contributed by atoms with Gasteiger partial charge >= 0.3 is 0 Å². The molecule has 0 saturated carbocycles. The number of aromatic nitrogens is 1. The van der Waals surface area contributed by atoms with Crippen molar-refractivity contribution in [3.63, 3.8) is 0 Å². The number of carbonyl (C=O) groups is 1. The largest absolute Gasteiger partial charge is 0.497 e. The van der Waals surface area contributed by atoms with Crippen LogP contribution in [0.3, 0.4) is 0 Å². The number of pyridine rings is 1. The van der Waals surface area contributed by atoms with E-state index in [0.29, 0.717) is 11.6 Å². The van der Waals surface area contributed by atoms with E-state index >= 15 is 0 Å². The number of methoxy groups -OCH3 is 1. The molecule has 0 unspecified atom stereocenters. The van der Waals surface area contributed by atoms with E-state index in [1.165, 1.54) is 0 Å². The maximum absolute atomic E-state index is 12.8. The molecule has 1 amide bonds. The molecule has 3 rings (SSSR count). The highest BCUT2D eigenvalue weighted by Crippen LogP contribution is 2.23. The third kappa shape index (κ3) is 3.15. The lowest BCUT2D eigenvalue weighted by atomic mass is 10.0. The van der Waals surface area contributed by atoms with Crippen molar-refractivity contribution in [2.45, 2.75) is 25.8 Å². The molecule has 5 nitrogen and oxygen atoms in total. The highest BCUT2D eigenvalue weighted by Gasteiger charge is 2.24. The molecule has 2 aromatic rings. The van der Waals surface area contributed by atoms with Crippen LogP contribution in [-0.2, 0) is 0 Å². The van der Waals surface area contributed by atoms with Gasteiger partial charge in [-0.25, -0.2) is 0 Å². The predicted molar refractivity (Wildman–Crippen MR) is 91.0 cm³/mol. The van der Waals surface area contributed by atoms with Crippen molar-refractivity contribution < 1.29 is 9.53 Å². The number of ether oxygens (including phenoxy) is 1. The molecule has 1 aromatic carbocycles. The SMILES string of the molecule is CNC1CCN(C(=O)c2cc3ccc(OC)cc3nc2C)CC1. The quantitative estimate of drug-likeness (QED) is 0.945. The zero-order valence-electron chi connectivity index (χ0n) is 13.9. The van der Waals surface area contributed by atoms with Crippen molar-refractivity contribution in [3.05, 3.63) is 35.5 Å². The van der Waals surface area contributed by atoms with Crippen LogP contribution in [0, 0.1) is 6.92 Å². The number of nitrogens with zero attached hydrogens (tertiary/aromatic N) is 2. The Balaban J connectivity index is 1.87. The molecule has 23 heavy (non-hydrogen) atoms. The number of amides is 1. The van der Waals surface area contributed by atoms with E-state index in [1.54, 1.807) is 7.11 Å². The molecular formula is C18H23N3O2. The van der Waals surface area contributed by atoms with Crippen molar-refractivity contribution in [2.24, 2.45) is 0 Å². The van der Waals surface area contributed by atoms with Gasteiger partial charge in [-0.05, 0) is 45.0 Å². The van der Waals surface area contributed by atoms with Gasteiger partial charge in [0.15, 0.2) is 0 Å². The molecule has 0 radical (unpaired) electrons. The minimum absolute atomic E-state index is 0.0854. The number of likely N-dealkylation sites (tertiary alicyclic amines) is 1. The van der Waals surface area contributed by atoms with E-state index in [-0.39, 0.29) is 5.91 Å². The number of rotatable bonds is 3. The molecule has 122 valence electrons. The fraction of sp³-hybridized carbons (Fsp3) is 0.444. The molecule has 1 aliphatic heterocycles. The standard InChI is InChI=1S/C18H23N3O2/c1-12-16(18(22)21-8-6-14(19-2)7-9-21)10-13-4-5-15(23-3)11-17(13)20-12/h4-5,10-11,14,19H,6-9H2,1-3H3. The highest BCUT2D eigenvalue weighted by molar-refractivity contribution is 5.98. The van der Waals surface area contributed by atoms with Gasteiger partial charge in [-0.1, -0.05) is 0 Å². The minimum atomic E-state index is 0.0854. The summed E-state index contributed by atoms with van der Waals surface area (Å²) in [6.45, 7) is 3.49. The summed E-state index contributed by atoms with van der Waals surface area (Å²) in [7, 11) is 3.62. The molecule has 1 fully saturated rings. The van der Waals surface area contributed by atoms with Gasteiger partial charge in [0.05, 0.1) is 23.9 Å². The van der Waals surface area contributed by atoms with Crippen molar-refractivity contribution in [1.82, 2.24) is 15.2 Å². The van der Waals surface area contributed by atoms with Gasteiger partial charge in [0.1, 0.15) is 5.75 Å². The number of hydrogen-bond donors (Lipinski definition) is 1.